The molecule has 1 amide bonds. The Morgan fingerprint density at radius 1 is 1.19 bits per heavy atom. The first-order chi connectivity index (χ1) is 19.9. The number of benzene rings is 1. The van der Waals surface area contributed by atoms with E-state index in [1.807, 2.05) is 13.8 Å². The molecule has 42 heavy (non-hydrogen) atoms. The maximum atomic E-state index is 12.7. The van der Waals surface area contributed by atoms with Gasteiger partial charge in [0.05, 0.1) is 28.9 Å². The predicted octanol–water partition coefficient (Wildman–Crippen LogP) is 4.91. The fourth-order valence-corrected chi connectivity index (χ4v) is 5.82. The number of hydrogen-bond donors (Lipinski definition) is 3. The number of aliphatic hydroxyl groups excluding tert-OH is 1. The Kier molecular flexibility index (Phi) is 11.8. The van der Waals surface area contributed by atoms with Crippen molar-refractivity contribution in [2.45, 2.75) is 84.5 Å². The van der Waals surface area contributed by atoms with Gasteiger partial charge in [-0.15, -0.1) is 0 Å². The van der Waals surface area contributed by atoms with Gasteiger partial charge in [0.1, 0.15) is 12.2 Å². The number of aliphatic hydroxyl groups is 1. The van der Waals surface area contributed by atoms with Gasteiger partial charge >= 0.3 is 11.9 Å². The van der Waals surface area contributed by atoms with E-state index < -0.39 is 29.0 Å². The van der Waals surface area contributed by atoms with Crippen LogP contribution in [0.2, 0.25) is 0 Å². The highest BCUT2D eigenvalue weighted by Gasteiger charge is 2.41. The zero-order valence-electron chi connectivity index (χ0n) is 24.6. The quantitative estimate of drug-likeness (QED) is 0.126. The summed E-state index contributed by atoms with van der Waals surface area (Å²) in [7, 11) is 0. The van der Waals surface area contributed by atoms with Crippen molar-refractivity contribution in [2.24, 2.45) is 29.6 Å². The van der Waals surface area contributed by atoms with Gasteiger partial charge in [-0.05, 0) is 61.1 Å². The van der Waals surface area contributed by atoms with E-state index in [1.165, 1.54) is 29.7 Å². The molecule has 0 bridgehead atoms. The summed E-state index contributed by atoms with van der Waals surface area (Å²) in [6.07, 6.45) is 6.19. The maximum Gasteiger partial charge on any atom is 0.338 e. The number of hydroxylamine groups is 1. The van der Waals surface area contributed by atoms with Gasteiger partial charge in [-0.1, -0.05) is 45.9 Å². The monoisotopic (exact) mass is 586 g/mol. The first kappa shape index (κ1) is 32.9. The first-order valence-electron chi connectivity index (χ1n) is 14.6. The highest BCUT2D eigenvalue weighted by molar-refractivity contribution is 5.90. The molecule has 11 nitrogen and oxygen atoms in total. The molecule has 2 aliphatic carbocycles. The number of esters is 2. The van der Waals surface area contributed by atoms with Crippen molar-refractivity contribution in [3.63, 3.8) is 0 Å². The van der Waals surface area contributed by atoms with Crippen molar-refractivity contribution in [2.75, 3.05) is 0 Å². The molecule has 0 radical (unpaired) electrons. The number of nitro groups is 1. The number of nitrogens with one attached hydrogen (secondary N) is 1. The molecule has 1 aromatic rings. The Morgan fingerprint density at radius 3 is 2.50 bits per heavy atom. The van der Waals surface area contributed by atoms with Crippen LogP contribution in [0.1, 0.15) is 76.6 Å². The van der Waals surface area contributed by atoms with Crippen molar-refractivity contribution in [1.29, 1.82) is 0 Å². The van der Waals surface area contributed by atoms with Crippen LogP contribution in [0.3, 0.4) is 0 Å². The highest BCUT2D eigenvalue weighted by Crippen LogP contribution is 2.45. The van der Waals surface area contributed by atoms with E-state index in [9.17, 15) is 29.6 Å². The molecule has 2 aliphatic rings. The number of allylic oxidation sites excluding steroid dienone is 3. The van der Waals surface area contributed by atoms with E-state index in [-0.39, 0.29) is 65.8 Å². The molecule has 0 unspecified atom stereocenters. The molecule has 0 saturated heterocycles. The van der Waals surface area contributed by atoms with Gasteiger partial charge in [0.2, 0.25) is 5.91 Å². The molecular weight excluding hydrogens is 544 g/mol. The van der Waals surface area contributed by atoms with Crippen molar-refractivity contribution in [3.8, 4) is 0 Å². The van der Waals surface area contributed by atoms with Crippen LogP contribution in [0.5, 0.6) is 0 Å². The van der Waals surface area contributed by atoms with Crippen LogP contribution in [0.4, 0.5) is 5.69 Å². The summed E-state index contributed by atoms with van der Waals surface area (Å²) in [6, 6.07) is 4.84. The number of non-ortho nitro benzene ring substituents is 1. The topological polar surface area (TPSA) is 165 Å². The van der Waals surface area contributed by atoms with Gasteiger partial charge in [-0.2, -0.15) is 0 Å². The van der Waals surface area contributed by atoms with Crippen molar-refractivity contribution < 1.29 is 39.1 Å². The predicted molar refractivity (Wildman–Crippen MR) is 153 cm³/mol. The fourth-order valence-electron chi connectivity index (χ4n) is 5.82. The third-order valence-electron chi connectivity index (χ3n) is 8.37. The molecule has 3 rings (SSSR count). The summed E-state index contributed by atoms with van der Waals surface area (Å²) in [5, 5.41) is 30.9. The lowest BCUT2D eigenvalue weighted by Crippen LogP contribution is -2.41. The summed E-state index contributed by atoms with van der Waals surface area (Å²) < 4.78 is 11.5. The molecule has 0 fully saturated rings. The Morgan fingerprint density at radius 2 is 1.88 bits per heavy atom. The average molecular weight is 587 g/mol. The fraction of sp³-hybridized carbons (Fsp3) is 0.581. The normalized spacial score (nSPS) is 25.3. The lowest BCUT2D eigenvalue weighted by Gasteiger charge is -2.43. The Hall–Kier alpha value is -3.57. The highest BCUT2D eigenvalue weighted by atomic mass is 16.6. The van der Waals surface area contributed by atoms with Crippen molar-refractivity contribution >= 4 is 23.5 Å². The van der Waals surface area contributed by atoms with Crippen LogP contribution >= 0.6 is 0 Å². The van der Waals surface area contributed by atoms with Crippen LogP contribution in [-0.4, -0.2) is 51.4 Å². The zero-order chi connectivity index (χ0) is 31.0. The number of nitrogens with zero attached hydrogens (tertiary/aromatic N) is 1. The van der Waals surface area contributed by atoms with Crippen LogP contribution in [0.15, 0.2) is 48.1 Å². The van der Waals surface area contributed by atoms with Crippen molar-refractivity contribution in [3.05, 3.63) is 63.7 Å². The second kappa shape index (κ2) is 15.1. The number of nitro benzene ring substituents is 1. The number of hydrogen-bond acceptors (Lipinski definition) is 9. The summed E-state index contributed by atoms with van der Waals surface area (Å²) in [6.45, 7) is 8.04. The molecule has 0 spiro atoms. The molecular formula is C31H42N2O9. The zero-order valence-corrected chi connectivity index (χ0v) is 24.6. The molecule has 0 heterocycles. The molecule has 11 heteroatoms. The Labute approximate surface area is 246 Å². The Balaban J connectivity index is 1.69. The SMILES string of the molecule is CC[C@H](C)C(=O)O[C@H]1C[C@@H](C)C=C2C=C[C@H](C)[C@H](CC[C@@H](O)C[C@@H](CC(=O)NO)OC(=O)c3ccc([N+](=O)[O-])cc3)[C@H]21. The standard InChI is InChI=1S/C31H42N2O9/c1-5-19(3)30(36)42-27-15-18(2)14-22-7-6-20(4)26(29(22)27)13-12-24(34)16-25(17-28(35)32-38)41-31(37)21-8-10-23(11-9-21)33(39)40/h6-11,14,18-20,24-27,29,34,38H,5,12-13,15-17H2,1-4H3,(H,32,35)/t18-,19-,20-,24+,25-,26-,27-,29-/m0/s1. The van der Waals surface area contributed by atoms with E-state index in [1.54, 1.807) is 0 Å². The summed E-state index contributed by atoms with van der Waals surface area (Å²) in [4.78, 5) is 47.6. The minimum Gasteiger partial charge on any atom is -0.461 e. The average Bonchev–Trinajstić information content (AvgIpc) is 2.95. The van der Waals surface area contributed by atoms with Gasteiger partial charge < -0.3 is 14.6 Å². The van der Waals surface area contributed by atoms with E-state index in [2.05, 4.69) is 32.1 Å². The molecule has 0 aromatic heterocycles. The van der Waals surface area contributed by atoms with E-state index in [0.717, 1.165) is 12.0 Å². The number of amides is 1. The number of carbonyl (C=O) groups excluding carboxylic acids is 3. The number of fused-ring (bicyclic) bond motifs is 1. The summed E-state index contributed by atoms with van der Waals surface area (Å²) in [5.74, 6) is -1.45. The lowest BCUT2D eigenvalue weighted by molar-refractivity contribution is -0.384. The number of carbonyl (C=O) groups is 3. The Bertz CT molecular complexity index is 1180. The second-order valence-corrected chi connectivity index (χ2v) is 11.6. The minimum absolute atomic E-state index is 0.00247. The molecule has 230 valence electrons. The largest absolute Gasteiger partial charge is 0.461 e. The van der Waals surface area contributed by atoms with Crippen LogP contribution in [-0.2, 0) is 19.1 Å². The third kappa shape index (κ3) is 8.72. The van der Waals surface area contributed by atoms with E-state index in [4.69, 9.17) is 14.7 Å². The summed E-state index contributed by atoms with van der Waals surface area (Å²) >= 11 is 0. The molecule has 0 saturated carbocycles. The van der Waals surface area contributed by atoms with Gasteiger partial charge in [0.15, 0.2) is 0 Å². The van der Waals surface area contributed by atoms with Crippen molar-refractivity contribution in [1.82, 2.24) is 5.48 Å². The molecule has 0 aliphatic heterocycles. The van der Waals surface area contributed by atoms with Crippen LogP contribution in [0.25, 0.3) is 0 Å². The van der Waals surface area contributed by atoms with Crippen LogP contribution in [0, 0.1) is 39.7 Å². The molecule has 1 aromatic carbocycles. The third-order valence-corrected chi connectivity index (χ3v) is 8.37. The smallest absolute Gasteiger partial charge is 0.338 e. The first-order valence-corrected chi connectivity index (χ1v) is 14.6. The van der Waals surface area contributed by atoms with Gasteiger partial charge in [-0.25, -0.2) is 10.3 Å². The van der Waals surface area contributed by atoms with Gasteiger partial charge in [-0.3, -0.25) is 24.9 Å². The molecule has 3 N–H and O–H groups in total. The van der Waals surface area contributed by atoms with E-state index >= 15 is 0 Å². The van der Waals surface area contributed by atoms with E-state index in [0.29, 0.717) is 19.3 Å². The van der Waals surface area contributed by atoms with Gasteiger partial charge in [0.25, 0.3) is 5.69 Å². The second-order valence-electron chi connectivity index (χ2n) is 11.6. The maximum absolute atomic E-state index is 12.7. The lowest BCUT2D eigenvalue weighted by atomic mass is 9.65. The van der Waals surface area contributed by atoms with Crippen LogP contribution < -0.4 is 5.48 Å². The minimum atomic E-state index is -1.05. The number of rotatable bonds is 13. The van der Waals surface area contributed by atoms with Gasteiger partial charge in [0, 0.05) is 24.5 Å². The molecule has 8 atom stereocenters. The summed E-state index contributed by atoms with van der Waals surface area (Å²) in [5.41, 5.74) is 2.52. The number of ether oxygens (including phenoxy) is 2.